The summed E-state index contributed by atoms with van der Waals surface area (Å²) < 4.78 is 10.8. The van der Waals surface area contributed by atoms with E-state index in [0.717, 1.165) is 16.7 Å². The maximum atomic E-state index is 12.4. The maximum absolute atomic E-state index is 12.4. The number of carbonyl (C=O) groups excluding carboxylic acids is 2. The first-order chi connectivity index (χ1) is 14.7. The fourth-order valence-corrected chi connectivity index (χ4v) is 3.72. The number of piperidine rings is 1. The lowest BCUT2D eigenvalue weighted by Gasteiger charge is -2.31. The van der Waals surface area contributed by atoms with Crippen LogP contribution in [0.4, 0.5) is 0 Å². The zero-order valence-corrected chi connectivity index (χ0v) is 16.8. The van der Waals surface area contributed by atoms with E-state index in [2.05, 4.69) is 10.3 Å². The van der Waals surface area contributed by atoms with E-state index in [1.165, 1.54) is 12.5 Å². The molecule has 0 unspecified atom stereocenters. The molecule has 1 N–H and O–H groups in total. The summed E-state index contributed by atoms with van der Waals surface area (Å²) in [5.41, 5.74) is 1.40. The number of furan rings is 1. The van der Waals surface area contributed by atoms with E-state index in [-0.39, 0.29) is 17.7 Å². The lowest BCUT2D eigenvalue weighted by Crippen LogP contribution is -2.43. The van der Waals surface area contributed by atoms with Gasteiger partial charge in [-0.2, -0.15) is 0 Å². The molecule has 1 fully saturated rings. The van der Waals surface area contributed by atoms with Crippen molar-refractivity contribution in [2.45, 2.75) is 19.3 Å². The smallest absolute Gasteiger partial charge is 0.257 e. The van der Waals surface area contributed by atoms with Crippen molar-refractivity contribution in [3.8, 4) is 5.75 Å². The Morgan fingerprint density at radius 2 is 2.00 bits per heavy atom. The molecular formula is C23H25N3O4. The minimum atomic E-state index is -0.0541. The highest BCUT2D eigenvalue weighted by Crippen LogP contribution is 2.23. The average Bonchev–Trinajstić information content (AvgIpc) is 3.33. The molecule has 1 aromatic carbocycles. The molecule has 156 valence electrons. The molecule has 0 spiro atoms. The number of likely N-dealkylation sites (tertiary alicyclic amines) is 1. The normalized spacial score (nSPS) is 14.6. The first kappa shape index (κ1) is 19.9. The number of fused-ring (bicyclic) bond motifs is 1. The van der Waals surface area contributed by atoms with Crippen LogP contribution in [0.3, 0.4) is 0 Å². The van der Waals surface area contributed by atoms with Gasteiger partial charge in [0.05, 0.1) is 18.4 Å². The van der Waals surface area contributed by atoms with E-state index in [1.54, 1.807) is 17.2 Å². The Hall–Kier alpha value is -3.35. The number of nitrogens with one attached hydrogen (secondary N) is 1. The lowest BCUT2D eigenvalue weighted by molar-refractivity contribution is -0.126. The molecule has 0 aliphatic carbocycles. The third kappa shape index (κ3) is 4.62. The zero-order valence-electron chi connectivity index (χ0n) is 16.8. The Labute approximate surface area is 175 Å². The van der Waals surface area contributed by atoms with Crippen LogP contribution in [0.5, 0.6) is 5.75 Å². The largest absolute Gasteiger partial charge is 0.491 e. The van der Waals surface area contributed by atoms with Crippen molar-refractivity contribution < 1.29 is 18.7 Å². The number of aromatic nitrogens is 1. The molecule has 1 saturated heterocycles. The minimum Gasteiger partial charge on any atom is -0.491 e. The van der Waals surface area contributed by atoms with E-state index in [0.29, 0.717) is 51.1 Å². The summed E-state index contributed by atoms with van der Waals surface area (Å²) in [6.07, 6.45) is 6.77. The second kappa shape index (κ2) is 9.43. The van der Waals surface area contributed by atoms with Gasteiger partial charge in [-0.05, 0) is 37.5 Å². The van der Waals surface area contributed by atoms with Gasteiger partial charge in [-0.1, -0.05) is 18.2 Å². The van der Waals surface area contributed by atoms with Crippen LogP contribution in [0.2, 0.25) is 0 Å². The van der Waals surface area contributed by atoms with Crippen molar-refractivity contribution in [1.82, 2.24) is 15.2 Å². The third-order valence-electron chi connectivity index (χ3n) is 5.39. The van der Waals surface area contributed by atoms with Gasteiger partial charge in [0.1, 0.15) is 17.5 Å². The molecule has 2 aromatic heterocycles. The summed E-state index contributed by atoms with van der Waals surface area (Å²) in [6, 6.07) is 11.4. The van der Waals surface area contributed by atoms with Crippen LogP contribution in [0.15, 0.2) is 59.5 Å². The monoisotopic (exact) mass is 407 g/mol. The summed E-state index contributed by atoms with van der Waals surface area (Å²) in [5.74, 6) is 0.718. The molecule has 0 bridgehead atoms. The van der Waals surface area contributed by atoms with E-state index < -0.39 is 0 Å². The van der Waals surface area contributed by atoms with Crippen molar-refractivity contribution in [3.63, 3.8) is 0 Å². The van der Waals surface area contributed by atoms with E-state index >= 15 is 0 Å². The molecule has 3 aromatic rings. The van der Waals surface area contributed by atoms with Crippen molar-refractivity contribution in [2.24, 2.45) is 5.92 Å². The van der Waals surface area contributed by atoms with Gasteiger partial charge in [-0.25, -0.2) is 0 Å². The molecular weight excluding hydrogens is 382 g/mol. The van der Waals surface area contributed by atoms with Gasteiger partial charge in [0, 0.05) is 37.1 Å². The summed E-state index contributed by atoms with van der Waals surface area (Å²) in [7, 11) is 0. The number of carbonyl (C=O) groups is 2. The van der Waals surface area contributed by atoms with E-state index in [4.69, 9.17) is 9.15 Å². The molecule has 0 atom stereocenters. The number of hydrogen-bond acceptors (Lipinski definition) is 5. The molecule has 0 radical (unpaired) electrons. The molecule has 3 heterocycles. The zero-order chi connectivity index (χ0) is 20.8. The maximum Gasteiger partial charge on any atom is 0.257 e. The average molecular weight is 407 g/mol. The summed E-state index contributed by atoms with van der Waals surface area (Å²) >= 11 is 0. The predicted molar refractivity (Wildman–Crippen MR) is 112 cm³/mol. The standard InChI is InChI=1S/C23H25N3O4/c27-22(18-7-12-26(13-8-18)23(28)19-9-15-29-16-19)25-11-3-14-30-20-6-1-4-17-5-2-10-24-21(17)20/h1-2,4-6,9-10,15-16,18H,3,7-8,11-14H2,(H,25,27). The van der Waals surface area contributed by atoms with Gasteiger partial charge in [-0.3, -0.25) is 14.6 Å². The van der Waals surface area contributed by atoms with Crippen LogP contribution < -0.4 is 10.1 Å². The Morgan fingerprint density at radius 1 is 1.17 bits per heavy atom. The molecule has 1 aliphatic rings. The van der Waals surface area contributed by atoms with Gasteiger partial charge >= 0.3 is 0 Å². The van der Waals surface area contributed by atoms with Crippen molar-refractivity contribution in [2.75, 3.05) is 26.2 Å². The van der Waals surface area contributed by atoms with Crippen LogP contribution in [-0.2, 0) is 4.79 Å². The van der Waals surface area contributed by atoms with Crippen LogP contribution in [-0.4, -0.2) is 47.9 Å². The number of nitrogens with zero attached hydrogens (tertiary/aromatic N) is 2. The Balaban J connectivity index is 1.16. The number of amides is 2. The van der Waals surface area contributed by atoms with Crippen LogP contribution >= 0.6 is 0 Å². The fourth-order valence-electron chi connectivity index (χ4n) is 3.72. The highest BCUT2D eigenvalue weighted by atomic mass is 16.5. The highest BCUT2D eigenvalue weighted by molar-refractivity contribution is 5.94. The van der Waals surface area contributed by atoms with Crippen LogP contribution in [0.25, 0.3) is 10.9 Å². The van der Waals surface area contributed by atoms with Crippen molar-refractivity contribution >= 4 is 22.7 Å². The Morgan fingerprint density at radius 3 is 2.80 bits per heavy atom. The Bertz CT molecular complexity index is 989. The lowest BCUT2D eigenvalue weighted by atomic mass is 9.95. The molecule has 7 heteroatoms. The van der Waals surface area contributed by atoms with Crippen molar-refractivity contribution in [3.05, 3.63) is 60.7 Å². The van der Waals surface area contributed by atoms with E-state index in [9.17, 15) is 9.59 Å². The van der Waals surface area contributed by atoms with Gasteiger partial charge < -0.3 is 19.4 Å². The summed E-state index contributed by atoms with van der Waals surface area (Å²) in [4.78, 5) is 30.9. The number of ether oxygens (including phenoxy) is 1. The summed E-state index contributed by atoms with van der Waals surface area (Å²) in [5, 5.41) is 4.04. The van der Waals surface area contributed by atoms with Gasteiger partial charge in [0.25, 0.3) is 5.91 Å². The van der Waals surface area contributed by atoms with Gasteiger partial charge in [-0.15, -0.1) is 0 Å². The topological polar surface area (TPSA) is 84.7 Å². The molecule has 0 saturated carbocycles. The quantitative estimate of drug-likeness (QED) is 0.608. The van der Waals surface area contributed by atoms with Crippen molar-refractivity contribution in [1.29, 1.82) is 0 Å². The molecule has 2 amide bonds. The number of pyridine rings is 1. The second-order valence-corrected chi connectivity index (χ2v) is 7.40. The first-order valence-electron chi connectivity index (χ1n) is 10.3. The molecule has 4 rings (SSSR count). The highest BCUT2D eigenvalue weighted by Gasteiger charge is 2.27. The number of rotatable bonds is 7. The van der Waals surface area contributed by atoms with Crippen LogP contribution in [0, 0.1) is 5.92 Å². The van der Waals surface area contributed by atoms with Crippen LogP contribution in [0.1, 0.15) is 29.6 Å². The van der Waals surface area contributed by atoms with Gasteiger partial charge in [0.2, 0.25) is 5.91 Å². The molecule has 30 heavy (non-hydrogen) atoms. The fraction of sp³-hybridized carbons (Fsp3) is 0.348. The van der Waals surface area contributed by atoms with E-state index in [1.807, 2.05) is 30.3 Å². The number of benzene rings is 1. The summed E-state index contributed by atoms with van der Waals surface area (Å²) in [6.45, 7) is 2.23. The van der Waals surface area contributed by atoms with Gasteiger partial charge in [0.15, 0.2) is 0 Å². The number of para-hydroxylation sites is 1. The minimum absolute atomic E-state index is 0.0392. The number of hydrogen-bond donors (Lipinski definition) is 1. The molecule has 1 aliphatic heterocycles. The Kier molecular flexibility index (Phi) is 6.27. The SMILES string of the molecule is O=C(NCCCOc1cccc2cccnc12)C1CCN(C(=O)c2ccoc2)CC1. The second-order valence-electron chi connectivity index (χ2n) is 7.40. The molecule has 7 nitrogen and oxygen atoms in total. The first-order valence-corrected chi connectivity index (χ1v) is 10.3. The third-order valence-corrected chi connectivity index (χ3v) is 5.39. The predicted octanol–water partition coefficient (Wildman–Crippen LogP) is 3.27.